The Morgan fingerprint density at radius 3 is 2.57 bits per heavy atom. The van der Waals surface area contributed by atoms with E-state index in [2.05, 4.69) is 27.2 Å². The molecule has 0 bridgehead atoms. The van der Waals surface area contributed by atoms with Crippen LogP contribution in [-0.2, 0) is 13.1 Å². The van der Waals surface area contributed by atoms with E-state index in [9.17, 15) is 0 Å². The average molecular weight is 335 g/mol. The van der Waals surface area contributed by atoms with Crippen molar-refractivity contribution in [1.82, 2.24) is 15.0 Å². The molecule has 0 fully saturated rings. The van der Waals surface area contributed by atoms with Crippen molar-refractivity contribution in [3.63, 3.8) is 0 Å². The molecule has 2 aromatic heterocycles. The molecule has 0 aliphatic heterocycles. The summed E-state index contributed by atoms with van der Waals surface area (Å²) < 4.78 is 10.6. The summed E-state index contributed by atoms with van der Waals surface area (Å²) in [4.78, 5) is 6.54. The fourth-order valence-corrected chi connectivity index (χ4v) is 2.25. The van der Waals surface area contributed by atoms with Crippen LogP contribution >= 0.6 is 12.4 Å². The van der Waals surface area contributed by atoms with E-state index in [-0.39, 0.29) is 12.4 Å². The minimum absolute atomic E-state index is 0. The second-order valence-electron chi connectivity index (χ2n) is 4.97. The van der Waals surface area contributed by atoms with Crippen LogP contribution in [0, 0.1) is 0 Å². The van der Waals surface area contributed by atoms with Crippen molar-refractivity contribution in [1.29, 1.82) is 0 Å². The number of nitrogens with zero attached hydrogens (tertiary/aromatic N) is 3. The van der Waals surface area contributed by atoms with Crippen LogP contribution in [0.25, 0.3) is 11.6 Å². The molecular formula is C16H19ClN4O2. The minimum Gasteiger partial charge on any atom is -0.461 e. The number of halogens is 1. The van der Waals surface area contributed by atoms with Gasteiger partial charge in [-0.3, -0.25) is 4.90 Å². The van der Waals surface area contributed by atoms with Crippen molar-refractivity contribution >= 4 is 12.4 Å². The smallest absolute Gasteiger partial charge is 0.241 e. The van der Waals surface area contributed by atoms with Gasteiger partial charge in [-0.1, -0.05) is 35.5 Å². The maximum absolute atomic E-state index is 5.70. The van der Waals surface area contributed by atoms with E-state index in [1.54, 1.807) is 18.4 Å². The first-order valence-electron chi connectivity index (χ1n) is 7.18. The highest BCUT2D eigenvalue weighted by atomic mass is 35.5. The molecule has 0 unspecified atom stereocenters. The highest BCUT2D eigenvalue weighted by Gasteiger charge is 2.14. The Labute approximate surface area is 140 Å². The zero-order valence-electron chi connectivity index (χ0n) is 12.6. The van der Waals surface area contributed by atoms with Crippen LogP contribution < -0.4 is 5.73 Å². The summed E-state index contributed by atoms with van der Waals surface area (Å²) >= 11 is 0. The van der Waals surface area contributed by atoms with Crippen LogP contribution in [-0.4, -0.2) is 28.1 Å². The summed E-state index contributed by atoms with van der Waals surface area (Å²) in [6.45, 7) is 2.68. The van der Waals surface area contributed by atoms with E-state index in [1.807, 2.05) is 18.2 Å². The van der Waals surface area contributed by atoms with Gasteiger partial charge in [0, 0.05) is 19.6 Å². The lowest BCUT2D eigenvalue weighted by molar-refractivity contribution is 0.224. The van der Waals surface area contributed by atoms with E-state index in [4.69, 9.17) is 14.7 Å². The van der Waals surface area contributed by atoms with Gasteiger partial charge < -0.3 is 14.7 Å². The normalized spacial score (nSPS) is 10.7. The fourth-order valence-electron chi connectivity index (χ4n) is 2.25. The van der Waals surface area contributed by atoms with Crippen LogP contribution in [0.4, 0.5) is 0 Å². The average Bonchev–Trinajstić information content (AvgIpc) is 3.19. The largest absolute Gasteiger partial charge is 0.461 e. The third-order valence-electron chi connectivity index (χ3n) is 3.26. The van der Waals surface area contributed by atoms with E-state index in [0.717, 1.165) is 13.1 Å². The fraction of sp³-hybridized carbons (Fsp3) is 0.250. The minimum atomic E-state index is 0. The molecule has 0 aliphatic carbocycles. The molecule has 0 saturated carbocycles. The Morgan fingerprint density at radius 2 is 1.87 bits per heavy atom. The molecule has 0 saturated heterocycles. The molecule has 1 aromatic carbocycles. The lowest BCUT2D eigenvalue weighted by Gasteiger charge is -2.19. The molecule has 7 heteroatoms. The van der Waals surface area contributed by atoms with Crippen molar-refractivity contribution in [3.8, 4) is 11.6 Å². The van der Waals surface area contributed by atoms with Crippen molar-refractivity contribution in [2.75, 3.05) is 13.1 Å². The van der Waals surface area contributed by atoms with E-state index in [1.165, 1.54) is 5.56 Å². The maximum Gasteiger partial charge on any atom is 0.241 e. The lowest BCUT2D eigenvalue weighted by atomic mass is 10.2. The summed E-state index contributed by atoms with van der Waals surface area (Å²) in [6, 6.07) is 13.8. The molecular weight excluding hydrogens is 316 g/mol. The second kappa shape index (κ2) is 8.47. The Hall–Kier alpha value is -2.15. The van der Waals surface area contributed by atoms with Gasteiger partial charge in [0.2, 0.25) is 11.7 Å². The van der Waals surface area contributed by atoms with Gasteiger partial charge in [0.15, 0.2) is 5.76 Å². The van der Waals surface area contributed by atoms with Crippen molar-refractivity contribution in [2.24, 2.45) is 5.73 Å². The summed E-state index contributed by atoms with van der Waals surface area (Å²) in [5.41, 5.74) is 6.92. The Bertz CT molecular complexity index is 685. The van der Waals surface area contributed by atoms with Gasteiger partial charge in [0.25, 0.3) is 0 Å². The SMILES string of the molecule is Cl.NCCN(Cc1ccccc1)Cc1nc(-c2ccco2)no1. The Balaban J connectivity index is 0.00000192. The molecule has 23 heavy (non-hydrogen) atoms. The molecule has 0 spiro atoms. The van der Waals surface area contributed by atoms with Gasteiger partial charge in [-0.15, -0.1) is 12.4 Å². The number of benzene rings is 1. The number of nitrogens with two attached hydrogens (primary N) is 1. The zero-order chi connectivity index (χ0) is 15.2. The van der Waals surface area contributed by atoms with Gasteiger partial charge in [-0.05, 0) is 17.7 Å². The van der Waals surface area contributed by atoms with Crippen LogP contribution in [0.15, 0.2) is 57.7 Å². The maximum atomic E-state index is 5.70. The monoisotopic (exact) mass is 334 g/mol. The van der Waals surface area contributed by atoms with Crippen LogP contribution in [0.1, 0.15) is 11.5 Å². The van der Waals surface area contributed by atoms with Crippen molar-refractivity contribution in [3.05, 3.63) is 60.2 Å². The van der Waals surface area contributed by atoms with Gasteiger partial charge >= 0.3 is 0 Å². The molecule has 6 nitrogen and oxygen atoms in total. The summed E-state index contributed by atoms with van der Waals surface area (Å²) in [5, 5.41) is 3.94. The first-order valence-corrected chi connectivity index (χ1v) is 7.18. The molecule has 122 valence electrons. The summed E-state index contributed by atoms with van der Waals surface area (Å²) in [5.74, 6) is 1.62. The van der Waals surface area contributed by atoms with E-state index >= 15 is 0 Å². The lowest BCUT2D eigenvalue weighted by Crippen LogP contribution is -2.28. The number of rotatable bonds is 7. The quantitative estimate of drug-likeness (QED) is 0.715. The molecule has 0 aliphatic rings. The highest BCUT2D eigenvalue weighted by molar-refractivity contribution is 5.85. The molecule has 0 radical (unpaired) electrons. The Morgan fingerprint density at radius 1 is 1.04 bits per heavy atom. The first-order chi connectivity index (χ1) is 10.8. The molecule has 0 amide bonds. The number of hydrogen-bond acceptors (Lipinski definition) is 6. The van der Waals surface area contributed by atoms with Gasteiger partial charge in [-0.2, -0.15) is 4.98 Å². The van der Waals surface area contributed by atoms with Crippen molar-refractivity contribution in [2.45, 2.75) is 13.1 Å². The third kappa shape index (κ3) is 4.66. The zero-order valence-corrected chi connectivity index (χ0v) is 13.4. The summed E-state index contributed by atoms with van der Waals surface area (Å²) in [7, 11) is 0. The second-order valence-corrected chi connectivity index (χ2v) is 4.97. The third-order valence-corrected chi connectivity index (χ3v) is 3.26. The standard InChI is InChI=1S/C16H18N4O2.ClH/c17-8-9-20(11-13-5-2-1-3-6-13)12-15-18-16(19-22-15)14-7-4-10-21-14;/h1-7,10H,8-9,11-12,17H2;1H. The highest BCUT2D eigenvalue weighted by Crippen LogP contribution is 2.17. The number of hydrogen-bond donors (Lipinski definition) is 1. The van der Waals surface area contributed by atoms with Gasteiger partial charge in [0.05, 0.1) is 12.8 Å². The number of aromatic nitrogens is 2. The van der Waals surface area contributed by atoms with Crippen LogP contribution in [0.5, 0.6) is 0 Å². The van der Waals surface area contributed by atoms with E-state index < -0.39 is 0 Å². The molecule has 0 atom stereocenters. The Kier molecular flexibility index (Phi) is 6.34. The van der Waals surface area contributed by atoms with Crippen LogP contribution in [0.3, 0.4) is 0 Å². The van der Waals surface area contributed by atoms with Gasteiger partial charge in [0.1, 0.15) is 0 Å². The topological polar surface area (TPSA) is 81.3 Å². The predicted molar refractivity (Wildman–Crippen MR) is 88.9 cm³/mol. The summed E-state index contributed by atoms with van der Waals surface area (Å²) in [6.07, 6.45) is 1.58. The number of furan rings is 1. The molecule has 2 heterocycles. The van der Waals surface area contributed by atoms with Gasteiger partial charge in [-0.25, -0.2) is 0 Å². The predicted octanol–water partition coefficient (Wildman–Crippen LogP) is 2.71. The van der Waals surface area contributed by atoms with E-state index in [0.29, 0.717) is 30.6 Å². The first kappa shape index (κ1) is 17.2. The molecule has 2 N–H and O–H groups in total. The van der Waals surface area contributed by atoms with Crippen molar-refractivity contribution < 1.29 is 8.94 Å². The molecule has 3 aromatic rings. The molecule has 3 rings (SSSR count). The van der Waals surface area contributed by atoms with Crippen LogP contribution in [0.2, 0.25) is 0 Å².